The Morgan fingerprint density at radius 2 is 1.75 bits per heavy atom. The molecule has 3 rings (SSSR count). The van der Waals surface area contributed by atoms with E-state index in [0.29, 0.717) is 0 Å². The molecule has 146 valence electrons. The predicted octanol–water partition coefficient (Wildman–Crippen LogP) is 2.32. The van der Waals surface area contributed by atoms with E-state index in [1.54, 1.807) is 0 Å². The molecule has 0 saturated heterocycles. The van der Waals surface area contributed by atoms with Crippen LogP contribution in [0.3, 0.4) is 0 Å². The number of rotatable bonds is 6. The van der Waals surface area contributed by atoms with E-state index in [1.165, 1.54) is 23.1 Å². The number of esters is 1. The van der Waals surface area contributed by atoms with Crippen LogP contribution in [0, 0.1) is 5.82 Å². The van der Waals surface area contributed by atoms with Gasteiger partial charge in [0.05, 0.1) is 17.4 Å². The zero-order chi connectivity index (χ0) is 20.1. The molecule has 0 radical (unpaired) electrons. The molecule has 0 unspecified atom stereocenters. The normalized spacial score (nSPS) is 17.2. The van der Waals surface area contributed by atoms with E-state index in [1.807, 2.05) is 30.3 Å². The van der Waals surface area contributed by atoms with Gasteiger partial charge in [-0.1, -0.05) is 30.3 Å². The lowest BCUT2D eigenvalue weighted by molar-refractivity contribution is -0.136. The molecular weight excluding hydrogens is 385 g/mol. The molecule has 0 bridgehead atoms. The van der Waals surface area contributed by atoms with E-state index in [-0.39, 0.29) is 17.9 Å². The van der Waals surface area contributed by atoms with Crippen LogP contribution in [0.25, 0.3) is 0 Å². The Morgan fingerprint density at radius 3 is 2.36 bits per heavy atom. The van der Waals surface area contributed by atoms with Gasteiger partial charge >= 0.3 is 5.97 Å². The van der Waals surface area contributed by atoms with Crippen LogP contribution < -0.4 is 0 Å². The number of halogens is 1. The minimum atomic E-state index is -3.36. The summed E-state index contributed by atoms with van der Waals surface area (Å²) >= 11 is 0. The fourth-order valence-corrected chi connectivity index (χ4v) is 4.10. The average molecular weight is 403 g/mol. The van der Waals surface area contributed by atoms with Gasteiger partial charge in [0.1, 0.15) is 5.82 Å². The number of hydrogen-bond donors (Lipinski definition) is 0. The van der Waals surface area contributed by atoms with E-state index in [0.717, 1.165) is 23.1 Å². The van der Waals surface area contributed by atoms with Gasteiger partial charge in [-0.2, -0.15) is 0 Å². The molecule has 0 saturated carbocycles. The molecule has 1 heterocycles. The number of sulfone groups is 1. The third-order valence-corrected chi connectivity index (χ3v) is 5.61. The number of carbonyl (C=O) groups is 2. The van der Waals surface area contributed by atoms with E-state index >= 15 is 0 Å². The van der Waals surface area contributed by atoms with Gasteiger partial charge in [0, 0.05) is 12.0 Å². The molecule has 2 aromatic rings. The molecule has 0 spiro atoms. The Hall–Kier alpha value is -3.00. The first-order valence-electron chi connectivity index (χ1n) is 8.51. The lowest BCUT2D eigenvalue weighted by Gasteiger charge is -2.27. The average Bonchev–Trinajstić information content (AvgIpc) is 3.04. The molecule has 1 aliphatic rings. The molecule has 0 fully saturated rings. The maximum atomic E-state index is 12.9. The topological polar surface area (TPSA) is 80.8 Å². The fourth-order valence-electron chi connectivity index (χ4n) is 2.80. The van der Waals surface area contributed by atoms with Gasteiger partial charge in [0.25, 0.3) is 5.91 Å². The summed E-state index contributed by atoms with van der Waals surface area (Å²) in [5.74, 6) is -1.98. The highest BCUT2D eigenvalue weighted by Gasteiger charge is 2.30. The third kappa shape index (κ3) is 5.04. The number of ether oxygens (including phenoxy) is 1. The van der Waals surface area contributed by atoms with Crippen LogP contribution in [0.15, 0.2) is 66.1 Å². The molecule has 1 amide bonds. The van der Waals surface area contributed by atoms with Crippen molar-refractivity contribution in [2.45, 2.75) is 12.6 Å². The minimum Gasteiger partial charge on any atom is -0.452 e. The smallest absolute Gasteiger partial charge is 0.338 e. The van der Waals surface area contributed by atoms with Gasteiger partial charge < -0.3 is 9.64 Å². The van der Waals surface area contributed by atoms with Crippen LogP contribution in [-0.4, -0.2) is 43.6 Å². The zero-order valence-corrected chi connectivity index (χ0v) is 15.6. The van der Waals surface area contributed by atoms with Crippen LogP contribution >= 0.6 is 0 Å². The van der Waals surface area contributed by atoms with Crippen molar-refractivity contribution in [1.29, 1.82) is 0 Å². The molecule has 0 N–H and O–H groups in total. The predicted molar refractivity (Wildman–Crippen MR) is 100 cm³/mol. The molecule has 2 aromatic carbocycles. The molecule has 8 heteroatoms. The van der Waals surface area contributed by atoms with E-state index in [2.05, 4.69) is 0 Å². The van der Waals surface area contributed by atoms with Gasteiger partial charge in [0.2, 0.25) is 0 Å². The largest absolute Gasteiger partial charge is 0.452 e. The van der Waals surface area contributed by atoms with Crippen molar-refractivity contribution in [3.8, 4) is 0 Å². The van der Waals surface area contributed by atoms with Gasteiger partial charge in [-0.25, -0.2) is 17.6 Å². The Kier molecular flexibility index (Phi) is 5.89. The lowest BCUT2D eigenvalue weighted by Crippen LogP contribution is -2.42. The highest BCUT2D eigenvalue weighted by molar-refractivity contribution is 7.94. The number of nitrogens with zero attached hydrogens (tertiary/aromatic N) is 1. The van der Waals surface area contributed by atoms with Crippen LogP contribution in [0.5, 0.6) is 0 Å². The quantitative estimate of drug-likeness (QED) is 0.692. The summed E-state index contributed by atoms with van der Waals surface area (Å²) < 4.78 is 41.5. The van der Waals surface area contributed by atoms with Crippen LogP contribution in [-0.2, 0) is 25.9 Å². The Morgan fingerprint density at radius 1 is 1.07 bits per heavy atom. The summed E-state index contributed by atoms with van der Waals surface area (Å²) in [6, 6.07) is 13.2. The molecule has 6 nitrogen and oxygen atoms in total. The van der Waals surface area contributed by atoms with Crippen molar-refractivity contribution in [1.82, 2.24) is 4.90 Å². The molecule has 28 heavy (non-hydrogen) atoms. The number of hydrogen-bond acceptors (Lipinski definition) is 5. The molecule has 1 atom stereocenters. The SMILES string of the molecule is O=C(OCC(=O)N(Cc1ccccc1)[C@H]1C=CS(=O)(=O)C1)c1ccc(F)cc1. The van der Waals surface area contributed by atoms with Crippen molar-refractivity contribution in [3.63, 3.8) is 0 Å². The van der Waals surface area contributed by atoms with Crippen molar-refractivity contribution in [2.24, 2.45) is 0 Å². The number of carbonyl (C=O) groups excluding carboxylic acids is 2. The van der Waals surface area contributed by atoms with E-state index in [9.17, 15) is 22.4 Å². The van der Waals surface area contributed by atoms with Crippen molar-refractivity contribution in [2.75, 3.05) is 12.4 Å². The van der Waals surface area contributed by atoms with Gasteiger partial charge in [-0.3, -0.25) is 4.79 Å². The Bertz CT molecular complexity index is 987. The second kappa shape index (κ2) is 8.35. The van der Waals surface area contributed by atoms with Gasteiger partial charge in [-0.15, -0.1) is 0 Å². The van der Waals surface area contributed by atoms with Gasteiger partial charge in [-0.05, 0) is 35.9 Å². The molecule has 1 aliphatic heterocycles. The summed E-state index contributed by atoms with van der Waals surface area (Å²) in [6.45, 7) is -0.369. The summed E-state index contributed by atoms with van der Waals surface area (Å²) in [7, 11) is -3.36. The highest BCUT2D eigenvalue weighted by Crippen LogP contribution is 2.18. The van der Waals surface area contributed by atoms with E-state index in [4.69, 9.17) is 4.74 Å². The van der Waals surface area contributed by atoms with Crippen LogP contribution in [0.4, 0.5) is 4.39 Å². The summed E-state index contributed by atoms with van der Waals surface area (Å²) in [5, 5.41) is 1.09. The number of benzene rings is 2. The second-order valence-electron chi connectivity index (χ2n) is 6.32. The highest BCUT2D eigenvalue weighted by atomic mass is 32.2. The first-order chi connectivity index (χ1) is 13.3. The molecule has 0 aliphatic carbocycles. The Balaban J connectivity index is 1.70. The molecular formula is C20H18FNO5S. The van der Waals surface area contributed by atoms with Crippen molar-refractivity contribution >= 4 is 21.7 Å². The summed E-state index contributed by atoms with van der Waals surface area (Å²) in [6.07, 6.45) is 1.46. The first kappa shape index (κ1) is 19.8. The maximum Gasteiger partial charge on any atom is 0.338 e. The lowest BCUT2D eigenvalue weighted by atomic mass is 10.1. The van der Waals surface area contributed by atoms with Gasteiger partial charge in [0.15, 0.2) is 16.4 Å². The minimum absolute atomic E-state index is 0.118. The summed E-state index contributed by atoms with van der Waals surface area (Å²) in [4.78, 5) is 26.1. The maximum absolute atomic E-state index is 12.9. The zero-order valence-electron chi connectivity index (χ0n) is 14.8. The van der Waals surface area contributed by atoms with Crippen LogP contribution in [0.1, 0.15) is 15.9 Å². The fraction of sp³-hybridized carbons (Fsp3) is 0.200. The van der Waals surface area contributed by atoms with Crippen LogP contribution in [0.2, 0.25) is 0 Å². The third-order valence-electron chi connectivity index (χ3n) is 4.23. The number of amides is 1. The summed E-state index contributed by atoms with van der Waals surface area (Å²) in [5.41, 5.74) is 0.936. The first-order valence-corrected chi connectivity index (χ1v) is 10.2. The van der Waals surface area contributed by atoms with Crippen molar-refractivity contribution in [3.05, 3.63) is 83.0 Å². The van der Waals surface area contributed by atoms with E-state index < -0.39 is 40.2 Å². The standard InChI is InChI=1S/C20H18FNO5S/c21-17-8-6-16(7-9-17)20(24)27-13-19(23)22(12-15-4-2-1-3-5-15)18-10-11-28(25,26)14-18/h1-11,18H,12-14H2/t18-/m0/s1. The Labute approximate surface area is 162 Å². The van der Waals surface area contributed by atoms with Crippen molar-refractivity contribution < 1.29 is 27.1 Å². The second-order valence-corrected chi connectivity index (χ2v) is 8.25. The monoisotopic (exact) mass is 403 g/mol. The molecule has 0 aromatic heterocycles.